The maximum atomic E-state index is 12.6. The zero-order valence-corrected chi connectivity index (χ0v) is 15.6. The van der Waals surface area contributed by atoms with Gasteiger partial charge in [-0.05, 0) is 24.3 Å². The topological polar surface area (TPSA) is 63.6 Å². The fraction of sp³-hybridized carbons (Fsp3) is 0.412. The molecule has 0 bridgehead atoms. The van der Waals surface area contributed by atoms with Gasteiger partial charge in [0.15, 0.2) is 0 Å². The average Bonchev–Trinajstić information content (AvgIpc) is 3.02. The van der Waals surface area contributed by atoms with Crippen LogP contribution in [0.1, 0.15) is 11.7 Å². The minimum atomic E-state index is -3.68. The van der Waals surface area contributed by atoms with Gasteiger partial charge in [0, 0.05) is 38.6 Å². The van der Waals surface area contributed by atoms with Gasteiger partial charge >= 0.3 is 0 Å². The maximum absolute atomic E-state index is 12.6. The number of hydrogen-bond donors (Lipinski definition) is 1. The molecule has 1 aromatic carbocycles. The number of halogens is 1. The van der Waals surface area contributed by atoms with E-state index < -0.39 is 10.0 Å². The second kappa shape index (κ2) is 7.88. The predicted molar refractivity (Wildman–Crippen MR) is 97.2 cm³/mol. The molecule has 1 aliphatic heterocycles. The van der Waals surface area contributed by atoms with E-state index in [1.165, 1.54) is 6.07 Å². The Morgan fingerprint density at radius 1 is 1.20 bits per heavy atom. The van der Waals surface area contributed by atoms with Crippen molar-refractivity contribution in [1.29, 1.82) is 0 Å². The smallest absolute Gasteiger partial charge is 0.242 e. The lowest BCUT2D eigenvalue weighted by molar-refractivity contribution is 0.0158. The van der Waals surface area contributed by atoms with Crippen molar-refractivity contribution in [2.75, 3.05) is 32.8 Å². The molecule has 0 radical (unpaired) electrons. The third-order valence-corrected chi connectivity index (χ3v) is 6.33. The Labute approximate surface area is 153 Å². The summed E-state index contributed by atoms with van der Waals surface area (Å²) in [7, 11) is -1.71. The lowest BCUT2D eigenvalue weighted by Gasteiger charge is -2.34. The molecule has 2 heterocycles. The lowest BCUT2D eigenvalue weighted by atomic mass is 10.1. The Hall–Kier alpha value is -1.38. The molecule has 6 nitrogen and oxygen atoms in total. The van der Waals surface area contributed by atoms with E-state index in [1.54, 1.807) is 18.2 Å². The van der Waals surface area contributed by atoms with Crippen molar-refractivity contribution in [2.24, 2.45) is 7.05 Å². The largest absolute Gasteiger partial charge is 0.379 e. The van der Waals surface area contributed by atoms with Gasteiger partial charge in [0.25, 0.3) is 0 Å². The fourth-order valence-corrected chi connectivity index (χ4v) is 4.62. The normalized spacial score (nSPS) is 17.5. The first-order valence-corrected chi connectivity index (χ1v) is 10.0. The highest BCUT2D eigenvalue weighted by atomic mass is 35.5. The Bertz CT molecular complexity index is 816. The van der Waals surface area contributed by atoms with Crippen LogP contribution < -0.4 is 4.72 Å². The summed E-state index contributed by atoms with van der Waals surface area (Å²) in [5.74, 6) is 0. The number of morpholine rings is 1. The van der Waals surface area contributed by atoms with Crippen LogP contribution >= 0.6 is 11.6 Å². The highest BCUT2D eigenvalue weighted by Gasteiger charge is 2.27. The Kier molecular flexibility index (Phi) is 5.81. The first-order chi connectivity index (χ1) is 12.0. The predicted octanol–water partition coefficient (Wildman–Crippen LogP) is 2.03. The van der Waals surface area contributed by atoms with E-state index in [4.69, 9.17) is 16.3 Å². The van der Waals surface area contributed by atoms with Gasteiger partial charge in [0.1, 0.15) is 4.90 Å². The second-order valence-electron chi connectivity index (χ2n) is 5.99. The summed E-state index contributed by atoms with van der Waals surface area (Å²) >= 11 is 6.05. The SMILES string of the molecule is Cn1cccc1[C@@H](CNS(=O)(=O)c1ccccc1Cl)N1CCOCC1. The number of sulfonamides is 1. The van der Waals surface area contributed by atoms with Crippen LogP contribution in [0.15, 0.2) is 47.5 Å². The zero-order chi connectivity index (χ0) is 17.9. The van der Waals surface area contributed by atoms with Crippen LogP contribution in [0.3, 0.4) is 0 Å². The fourth-order valence-electron chi connectivity index (χ4n) is 3.06. The van der Waals surface area contributed by atoms with Gasteiger partial charge in [-0.2, -0.15) is 0 Å². The summed E-state index contributed by atoms with van der Waals surface area (Å²) in [6, 6.07) is 10.4. The number of hydrogen-bond acceptors (Lipinski definition) is 4. The molecule has 1 fully saturated rings. The van der Waals surface area contributed by atoms with Crippen molar-refractivity contribution >= 4 is 21.6 Å². The van der Waals surface area contributed by atoms with Crippen LogP contribution in [-0.2, 0) is 21.8 Å². The summed E-state index contributed by atoms with van der Waals surface area (Å²) in [5.41, 5.74) is 1.06. The molecule has 3 rings (SSSR count). The molecule has 136 valence electrons. The molecule has 0 amide bonds. The van der Waals surface area contributed by atoms with Gasteiger partial charge < -0.3 is 9.30 Å². The Balaban J connectivity index is 1.81. The number of nitrogens with one attached hydrogen (secondary N) is 1. The number of aromatic nitrogens is 1. The number of nitrogens with zero attached hydrogens (tertiary/aromatic N) is 2. The van der Waals surface area contributed by atoms with Crippen molar-refractivity contribution in [3.05, 3.63) is 53.3 Å². The molecule has 1 aliphatic rings. The van der Waals surface area contributed by atoms with E-state index in [0.717, 1.165) is 18.8 Å². The van der Waals surface area contributed by atoms with Crippen LogP contribution in [0.25, 0.3) is 0 Å². The third kappa shape index (κ3) is 4.24. The molecule has 1 atom stereocenters. The quantitative estimate of drug-likeness (QED) is 0.829. The lowest BCUT2D eigenvalue weighted by Crippen LogP contribution is -2.44. The van der Waals surface area contributed by atoms with Crippen molar-refractivity contribution in [3.63, 3.8) is 0 Å². The summed E-state index contributed by atoms with van der Waals surface area (Å²) in [4.78, 5) is 2.35. The minimum Gasteiger partial charge on any atom is -0.379 e. The molecule has 0 spiro atoms. The highest BCUT2D eigenvalue weighted by Crippen LogP contribution is 2.24. The van der Waals surface area contributed by atoms with E-state index in [-0.39, 0.29) is 22.5 Å². The van der Waals surface area contributed by atoms with Crippen molar-refractivity contribution in [3.8, 4) is 0 Å². The third-order valence-electron chi connectivity index (χ3n) is 4.40. The van der Waals surface area contributed by atoms with Gasteiger partial charge in [-0.15, -0.1) is 0 Å². The first-order valence-electron chi connectivity index (χ1n) is 8.16. The van der Waals surface area contributed by atoms with E-state index in [1.807, 2.05) is 29.9 Å². The number of benzene rings is 1. The second-order valence-corrected chi connectivity index (χ2v) is 8.13. The molecule has 2 aromatic rings. The first kappa shape index (κ1) is 18.4. The van der Waals surface area contributed by atoms with Crippen molar-refractivity contribution < 1.29 is 13.2 Å². The molecule has 0 aliphatic carbocycles. The molecular formula is C17H22ClN3O3S. The van der Waals surface area contributed by atoms with Gasteiger partial charge in [-0.3, -0.25) is 4.90 Å². The maximum Gasteiger partial charge on any atom is 0.242 e. The molecule has 0 saturated carbocycles. The zero-order valence-electron chi connectivity index (χ0n) is 14.1. The summed E-state index contributed by atoms with van der Waals surface area (Å²) in [6.07, 6.45) is 1.96. The molecule has 1 N–H and O–H groups in total. The summed E-state index contributed by atoms with van der Waals surface area (Å²) in [6.45, 7) is 3.11. The Morgan fingerprint density at radius 3 is 2.56 bits per heavy atom. The standard InChI is InChI=1S/C17H22ClN3O3S/c1-20-8-4-6-15(20)16(21-9-11-24-12-10-21)13-19-25(22,23)17-7-3-2-5-14(17)18/h2-8,16,19H,9-13H2,1H3/t16-/m1/s1. The average molecular weight is 384 g/mol. The number of ether oxygens (including phenoxy) is 1. The van der Waals surface area contributed by atoms with Gasteiger partial charge in [0.2, 0.25) is 10.0 Å². The monoisotopic (exact) mass is 383 g/mol. The van der Waals surface area contributed by atoms with E-state index in [9.17, 15) is 8.42 Å². The minimum absolute atomic E-state index is 0.0684. The van der Waals surface area contributed by atoms with E-state index >= 15 is 0 Å². The van der Waals surface area contributed by atoms with Gasteiger partial charge in [-0.25, -0.2) is 13.1 Å². The van der Waals surface area contributed by atoms with Crippen LogP contribution in [0.4, 0.5) is 0 Å². The van der Waals surface area contributed by atoms with Crippen molar-refractivity contribution in [1.82, 2.24) is 14.2 Å². The number of rotatable bonds is 6. The highest BCUT2D eigenvalue weighted by molar-refractivity contribution is 7.89. The van der Waals surface area contributed by atoms with E-state index in [0.29, 0.717) is 13.2 Å². The summed E-state index contributed by atoms with van der Waals surface area (Å²) < 4.78 is 35.5. The Morgan fingerprint density at radius 2 is 1.92 bits per heavy atom. The van der Waals surface area contributed by atoms with Crippen LogP contribution in [0.5, 0.6) is 0 Å². The molecule has 25 heavy (non-hydrogen) atoms. The molecule has 1 aromatic heterocycles. The molecule has 1 saturated heterocycles. The van der Waals surface area contributed by atoms with Gasteiger partial charge in [-0.1, -0.05) is 23.7 Å². The van der Waals surface area contributed by atoms with Crippen LogP contribution in [0, 0.1) is 0 Å². The number of aryl methyl sites for hydroxylation is 1. The van der Waals surface area contributed by atoms with E-state index in [2.05, 4.69) is 9.62 Å². The molecular weight excluding hydrogens is 362 g/mol. The van der Waals surface area contributed by atoms with Crippen molar-refractivity contribution in [2.45, 2.75) is 10.9 Å². The van der Waals surface area contributed by atoms with Gasteiger partial charge in [0.05, 0.1) is 24.3 Å². The molecule has 8 heteroatoms. The molecule has 0 unspecified atom stereocenters. The van der Waals surface area contributed by atoms with Crippen LogP contribution in [-0.4, -0.2) is 50.7 Å². The van der Waals surface area contributed by atoms with Crippen LogP contribution in [0.2, 0.25) is 5.02 Å². The summed E-state index contributed by atoms with van der Waals surface area (Å²) in [5, 5.41) is 0.219.